The number of carbonyl (C=O) groups is 2. The van der Waals surface area contributed by atoms with E-state index in [2.05, 4.69) is 12.2 Å². The Morgan fingerprint density at radius 1 is 1.32 bits per heavy atom. The number of imide groups is 1. The molecule has 106 valence electrons. The molecule has 3 aliphatic rings. The van der Waals surface area contributed by atoms with E-state index in [0.29, 0.717) is 19.1 Å². The maximum Gasteiger partial charge on any atom is 0.325 e. The van der Waals surface area contributed by atoms with Crippen LogP contribution >= 0.6 is 0 Å². The van der Waals surface area contributed by atoms with Crippen molar-refractivity contribution in [2.45, 2.75) is 57.0 Å². The molecule has 1 spiro atoms. The molecular weight excluding hydrogens is 244 g/mol. The Balaban J connectivity index is 1.75. The van der Waals surface area contributed by atoms with Crippen LogP contribution in [0.2, 0.25) is 0 Å². The molecule has 1 N–H and O–H groups in total. The van der Waals surface area contributed by atoms with Gasteiger partial charge in [0.05, 0.1) is 12.6 Å². The highest BCUT2D eigenvalue weighted by atomic mass is 16.5. The second-order valence-corrected chi connectivity index (χ2v) is 6.06. The molecule has 1 saturated carbocycles. The Morgan fingerprint density at radius 3 is 2.63 bits per heavy atom. The standard InChI is InChI=1S/C14H22N2O3/c1-2-10-3-6-14(7-4-10)12(17)16(13(18)15-14)11-5-8-19-9-11/h10-11H,2-9H2,1H3,(H,15,18). The summed E-state index contributed by atoms with van der Waals surface area (Å²) in [6, 6.07) is -0.272. The van der Waals surface area contributed by atoms with E-state index in [9.17, 15) is 9.59 Å². The molecule has 3 rings (SSSR count). The molecule has 3 amide bonds. The number of carbonyl (C=O) groups excluding carboxylic acids is 2. The van der Waals surface area contributed by atoms with Crippen LogP contribution in [-0.4, -0.2) is 41.6 Å². The lowest BCUT2D eigenvalue weighted by atomic mass is 9.75. The third-order valence-electron chi connectivity index (χ3n) is 5.00. The van der Waals surface area contributed by atoms with Crippen molar-refractivity contribution < 1.29 is 14.3 Å². The van der Waals surface area contributed by atoms with Crippen LogP contribution in [0.1, 0.15) is 45.4 Å². The third kappa shape index (κ3) is 2.04. The number of urea groups is 1. The Labute approximate surface area is 113 Å². The van der Waals surface area contributed by atoms with Crippen LogP contribution in [0.15, 0.2) is 0 Å². The molecule has 2 aliphatic heterocycles. The fourth-order valence-corrected chi connectivity index (χ4v) is 3.62. The molecule has 5 nitrogen and oxygen atoms in total. The van der Waals surface area contributed by atoms with Crippen molar-refractivity contribution in [3.63, 3.8) is 0 Å². The minimum atomic E-state index is -0.606. The van der Waals surface area contributed by atoms with Crippen molar-refractivity contribution in [1.29, 1.82) is 0 Å². The SMILES string of the molecule is CCC1CCC2(CC1)NC(=O)N(C1CCOC1)C2=O. The minimum Gasteiger partial charge on any atom is -0.379 e. The molecule has 0 aromatic heterocycles. The summed E-state index contributed by atoms with van der Waals surface area (Å²) in [4.78, 5) is 26.2. The van der Waals surface area contributed by atoms with Gasteiger partial charge in [-0.25, -0.2) is 4.79 Å². The Hall–Kier alpha value is -1.10. The van der Waals surface area contributed by atoms with Crippen LogP contribution in [0.5, 0.6) is 0 Å². The van der Waals surface area contributed by atoms with Crippen LogP contribution in [0.25, 0.3) is 0 Å². The van der Waals surface area contributed by atoms with Gasteiger partial charge < -0.3 is 10.1 Å². The topological polar surface area (TPSA) is 58.6 Å². The summed E-state index contributed by atoms with van der Waals surface area (Å²) in [5, 5.41) is 2.97. The molecule has 19 heavy (non-hydrogen) atoms. The van der Waals surface area contributed by atoms with Gasteiger partial charge in [0.25, 0.3) is 5.91 Å². The van der Waals surface area contributed by atoms with Gasteiger partial charge in [-0.05, 0) is 38.0 Å². The van der Waals surface area contributed by atoms with Gasteiger partial charge in [0.1, 0.15) is 5.54 Å². The van der Waals surface area contributed by atoms with E-state index < -0.39 is 5.54 Å². The van der Waals surface area contributed by atoms with E-state index in [1.807, 2.05) is 0 Å². The largest absolute Gasteiger partial charge is 0.379 e. The maximum atomic E-state index is 12.7. The predicted octanol–water partition coefficient (Wildman–Crippen LogP) is 1.67. The van der Waals surface area contributed by atoms with Gasteiger partial charge in [-0.3, -0.25) is 9.69 Å². The zero-order chi connectivity index (χ0) is 13.5. The normalized spacial score (nSPS) is 39.1. The van der Waals surface area contributed by atoms with Crippen molar-refractivity contribution in [3.8, 4) is 0 Å². The molecule has 0 bridgehead atoms. The molecule has 2 saturated heterocycles. The molecule has 0 aromatic rings. The van der Waals surface area contributed by atoms with Crippen molar-refractivity contribution >= 4 is 11.9 Å². The fourth-order valence-electron chi connectivity index (χ4n) is 3.62. The van der Waals surface area contributed by atoms with Gasteiger partial charge in [0.2, 0.25) is 0 Å². The van der Waals surface area contributed by atoms with Gasteiger partial charge in [0, 0.05) is 6.61 Å². The molecular formula is C14H22N2O3. The van der Waals surface area contributed by atoms with E-state index in [-0.39, 0.29) is 18.0 Å². The molecule has 1 atom stereocenters. The summed E-state index contributed by atoms with van der Waals surface area (Å²) in [7, 11) is 0. The molecule has 1 unspecified atom stereocenters. The average Bonchev–Trinajstić information content (AvgIpc) is 3.00. The summed E-state index contributed by atoms with van der Waals surface area (Å²) < 4.78 is 5.30. The molecule has 2 heterocycles. The molecule has 3 fully saturated rings. The van der Waals surface area contributed by atoms with Crippen LogP contribution in [0, 0.1) is 5.92 Å². The van der Waals surface area contributed by atoms with Crippen molar-refractivity contribution in [1.82, 2.24) is 10.2 Å². The Kier molecular flexibility index (Phi) is 3.25. The van der Waals surface area contributed by atoms with E-state index in [1.165, 1.54) is 11.3 Å². The highest BCUT2D eigenvalue weighted by molar-refractivity contribution is 6.07. The smallest absolute Gasteiger partial charge is 0.325 e. The van der Waals surface area contributed by atoms with Gasteiger partial charge >= 0.3 is 6.03 Å². The van der Waals surface area contributed by atoms with Crippen LogP contribution < -0.4 is 5.32 Å². The lowest BCUT2D eigenvalue weighted by molar-refractivity contribution is -0.134. The highest BCUT2D eigenvalue weighted by Crippen LogP contribution is 2.38. The lowest BCUT2D eigenvalue weighted by Gasteiger charge is -2.35. The molecule has 1 aliphatic carbocycles. The van der Waals surface area contributed by atoms with Gasteiger partial charge in [-0.1, -0.05) is 13.3 Å². The number of amides is 3. The van der Waals surface area contributed by atoms with Crippen LogP contribution in [0.3, 0.4) is 0 Å². The predicted molar refractivity (Wildman–Crippen MR) is 69.6 cm³/mol. The van der Waals surface area contributed by atoms with Gasteiger partial charge in [-0.2, -0.15) is 0 Å². The quantitative estimate of drug-likeness (QED) is 0.773. The number of rotatable bonds is 2. The summed E-state index contributed by atoms with van der Waals surface area (Å²) in [5.41, 5.74) is -0.606. The van der Waals surface area contributed by atoms with E-state index in [0.717, 1.165) is 32.1 Å². The van der Waals surface area contributed by atoms with Crippen LogP contribution in [-0.2, 0) is 9.53 Å². The number of hydrogen-bond acceptors (Lipinski definition) is 3. The average molecular weight is 266 g/mol. The molecule has 5 heteroatoms. The first kappa shape index (κ1) is 12.9. The Bertz CT molecular complexity index is 382. The first-order valence-corrected chi connectivity index (χ1v) is 7.40. The van der Waals surface area contributed by atoms with Crippen molar-refractivity contribution in [3.05, 3.63) is 0 Å². The summed E-state index contributed by atoms with van der Waals surface area (Å²) >= 11 is 0. The summed E-state index contributed by atoms with van der Waals surface area (Å²) in [6.45, 7) is 3.33. The van der Waals surface area contributed by atoms with Gasteiger partial charge in [0.15, 0.2) is 0 Å². The highest BCUT2D eigenvalue weighted by Gasteiger charge is 2.54. The molecule has 0 radical (unpaired) electrons. The van der Waals surface area contributed by atoms with Crippen molar-refractivity contribution in [2.24, 2.45) is 5.92 Å². The van der Waals surface area contributed by atoms with Crippen LogP contribution in [0.4, 0.5) is 4.79 Å². The van der Waals surface area contributed by atoms with E-state index >= 15 is 0 Å². The number of nitrogens with zero attached hydrogens (tertiary/aromatic N) is 1. The second-order valence-electron chi connectivity index (χ2n) is 6.06. The summed E-state index contributed by atoms with van der Waals surface area (Å²) in [6.07, 6.45) is 5.60. The zero-order valence-electron chi connectivity index (χ0n) is 11.5. The lowest BCUT2D eigenvalue weighted by Crippen LogP contribution is -2.50. The van der Waals surface area contributed by atoms with E-state index in [4.69, 9.17) is 4.74 Å². The Morgan fingerprint density at radius 2 is 2.05 bits per heavy atom. The number of ether oxygens (including phenoxy) is 1. The number of hydrogen-bond donors (Lipinski definition) is 1. The zero-order valence-corrected chi connectivity index (χ0v) is 11.5. The maximum absolute atomic E-state index is 12.7. The van der Waals surface area contributed by atoms with Crippen molar-refractivity contribution in [2.75, 3.05) is 13.2 Å². The summed E-state index contributed by atoms with van der Waals surface area (Å²) in [5.74, 6) is 0.696. The third-order valence-corrected chi connectivity index (χ3v) is 5.00. The molecule has 0 aromatic carbocycles. The number of nitrogens with one attached hydrogen (secondary N) is 1. The van der Waals surface area contributed by atoms with Gasteiger partial charge in [-0.15, -0.1) is 0 Å². The minimum absolute atomic E-state index is 0.0115. The first-order chi connectivity index (χ1) is 9.16. The monoisotopic (exact) mass is 266 g/mol. The second kappa shape index (κ2) is 4.78. The van der Waals surface area contributed by atoms with E-state index in [1.54, 1.807) is 0 Å². The fraction of sp³-hybridized carbons (Fsp3) is 0.857. The first-order valence-electron chi connectivity index (χ1n) is 7.40.